The molecule has 1 N–H and O–H groups in total. The lowest BCUT2D eigenvalue weighted by molar-refractivity contribution is 0.0848. The van der Waals surface area contributed by atoms with Gasteiger partial charge in [0.15, 0.2) is 5.78 Å². The van der Waals surface area contributed by atoms with Crippen LogP contribution in [0.3, 0.4) is 0 Å². The van der Waals surface area contributed by atoms with Crippen LogP contribution in [0.1, 0.15) is 43.0 Å². The monoisotopic (exact) mass is 279 g/mol. The molecule has 1 aliphatic rings. The van der Waals surface area contributed by atoms with E-state index in [1.165, 1.54) is 25.3 Å². The molecule has 1 fully saturated rings. The van der Waals surface area contributed by atoms with Gasteiger partial charge in [-0.25, -0.2) is 4.39 Å². The summed E-state index contributed by atoms with van der Waals surface area (Å²) in [5.74, 6) is -0.314. The van der Waals surface area contributed by atoms with Crippen LogP contribution in [-0.4, -0.2) is 35.4 Å². The number of phenols is 1. The second-order valence-corrected chi connectivity index (χ2v) is 5.83. The molecule has 0 radical (unpaired) electrons. The Bertz CT molecular complexity index is 489. The van der Waals surface area contributed by atoms with Crippen molar-refractivity contribution in [3.8, 4) is 5.75 Å². The van der Waals surface area contributed by atoms with Gasteiger partial charge in [-0.3, -0.25) is 9.69 Å². The summed E-state index contributed by atoms with van der Waals surface area (Å²) in [4.78, 5) is 14.2. The molecule has 2 rings (SSSR count). The van der Waals surface area contributed by atoms with Crippen molar-refractivity contribution in [2.45, 2.75) is 38.6 Å². The predicted octanol–water partition coefficient (Wildman–Crippen LogP) is 3.22. The summed E-state index contributed by atoms with van der Waals surface area (Å²) in [5, 5.41) is 9.67. The summed E-state index contributed by atoms with van der Waals surface area (Å²) in [6, 6.07) is 3.88. The van der Waals surface area contributed by atoms with E-state index in [2.05, 4.69) is 6.92 Å². The van der Waals surface area contributed by atoms with E-state index in [-0.39, 0.29) is 23.6 Å². The molecule has 1 aliphatic carbocycles. The van der Waals surface area contributed by atoms with E-state index in [9.17, 15) is 14.3 Å². The van der Waals surface area contributed by atoms with Gasteiger partial charge in [0.05, 0.1) is 12.1 Å². The molecule has 4 heteroatoms. The zero-order valence-corrected chi connectivity index (χ0v) is 12.1. The van der Waals surface area contributed by atoms with E-state index in [4.69, 9.17) is 0 Å². The summed E-state index contributed by atoms with van der Waals surface area (Å²) in [6.07, 6.45) is 4.73. The minimum atomic E-state index is -0.500. The molecule has 1 aromatic rings. The summed E-state index contributed by atoms with van der Waals surface area (Å²) in [7, 11) is 1.93. The van der Waals surface area contributed by atoms with E-state index >= 15 is 0 Å². The summed E-state index contributed by atoms with van der Waals surface area (Å²) in [5.41, 5.74) is 0.0697. The smallest absolute Gasteiger partial charge is 0.180 e. The lowest BCUT2D eigenvalue weighted by Gasteiger charge is -2.35. The van der Waals surface area contributed by atoms with Crippen molar-refractivity contribution in [1.82, 2.24) is 4.90 Å². The number of nitrogens with zero attached hydrogens (tertiary/aromatic N) is 1. The fraction of sp³-hybridized carbons (Fsp3) is 0.562. The number of likely N-dealkylation sites (N-methyl/N-ethyl adjacent to an activating group) is 1. The van der Waals surface area contributed by atoms with E-state index in [0.717, 1.165) is 18.6 Å². The normalized spacial score (nSPS) is 23.0. The molecule has 3 nitrogen and oxygen atoms in total. The molecular weight excluding hydrogens is 257 g/mol. The molecule has 0 spiro atoms. The molecule has 0 heterocycles. The third-order valence-electron chi connectivity index (χ3n) is 4.28. The molecule has 2 unspecified atom stereocenters. The maximum Gasteiger partial charge on any atom is 0.180 e. The van der Waals surface area contributed by atoms with Gasteiger partial charge < -0.3 is 5.11 Å². The van der Waals surface area contributed by atoms with Crippen molar-refractivity contribution in [2.24, 2.45) is 5.92 Å². The number of halogens is 1. The first-order valence-electron chi connectivity index (χ1n) is 7.21. The lowest BCUT2D eigenvalue weighted by atomic mass is 9.85. The van der Waals surface area contributed by atoms with Crippen molar-refractivity contribution in [2.75, 3.05) is 13.6 Å². The standard InChI is InChI=1S/C16H22FNO2/c1-11-5-3-4-6-14(11)18(2)10-16(20)13-9-12(17)7-8-15(13)19/h7-9,11,14,19H,3-6,10H2,1-2H3. The zero-order valence-electron chi connectivity index (χ0n) is 12.1. The Labute approximate surface area is 119 Å². The van der Waals surface area contributed by atoms with Crippen LogP contribution in [0.2, 0.25) is 0 Å². The minimum Gasteiger partial charge on any atom is -0.507 e. The topological polar surface area (TPSA) is 40.5 Å². The molecular formula is C16H22FNO2. The van der Waals surface area contributed by atoms with E-state index in [1.807, 2.05) is 11.9 Å². The Morgan fingerprint density at radius 2 is 2.10 bits per heavy atom. The number of phenolic OH excluding ortho intramolecular Hbond substituents is 1. The van der Waals surface area contributed by atoms with Gasteiger partial charge in [0.1, 0.15) is 11.6 Å². The highest BCUT2D eigenvalue weighted by Gasteiger charge is 2.26. The van der Waals surface area contributed by atoms with E-state index in [1.54, 1.807) is 0 Å². The Morgan fingerprint density at radius 1 is 1.40 bits per heavy atom. The average Bonchev–Trinajstić information content (AvgIpc) is 2.41. The third kappa shape index (κ3) is 3.37. The second kappa shape index (κ2) is 6.35. The van der Waals surface area contributed by atoms with Crippen LogP contribution in [0.5, 0.6) is 5.75 Å². The third-order valence-corrected chi connectivity index (χ3v) is 4.28. The SMILES string of the molecule is CC1CCCCC1N(C)CC(=O)c1cc(F)ccc1O. The summed E-state index contributed by atoms with van der Waals surface area (Å²) in [6.45, 7) is 2.43. The number of carbonyl (C=O) groups is 1. The Hall–Kier alpha value is -1.42. The van der Waals surface area contributed by atoms with Crippen molar-refractivity contribution < 1.29 is 14.3 Å². The van der Waals surface area contributed by atoms with Crippen LogP contribution in [0.15, 0.2) is 18.2 Å². The molecule has 1 saturated carbocycles. The van der Waals surface area contributed by atoms with Gasteiger partial charge in [-0.2, -0.15) is 0 Å². The van der Waals surface area contributed by atoms with Crippen LogP contribution < -0.4 is 0 Å². The van der Waals surface area contributed by atoms with Gasteiger partial charge in [-0.1, -0.05) is 19.8 Å². The van der Waals surface area contributed by atoms with Gasteiger partial charge >= 0.3 is 0 Å². The number of carbonyl (C=O) groups excluding carboxylic acids is 1. The van der Waals surface area contributed by atoms with Crippen LogP contribution >= 0.6 is 0 Å². The molecule has 1 aromatic carbocycles. The number of Topliss-reactive ketones (excluding diaryl/α,β-unsaturated/α-hetero) is 1. The maximum absolute atomic E-state index is 13.2. The van der Waals surface area contributed by atoms with Gasteiger partial charge in [0, 0.05) is 6.04 Å². The number of benzene rings is 1. The van der Waals surface area contributed by atoms with Gasteiger partial charge in [0.25, 0.3) is 0 Å². The fourth-order valence-corrected chi connectivity index (χ4v) is 3.11. The summed E-state index contributed by atoms with van der Waals surface area (Å²) < 4.78 is 13.2. The van der Waals surface area contributed by atoms with Crippen LogP contribution in [-0.2, 0) is 0 Å². The minimum absolute atomic E-state index is 0.0697. The van der Waals surface area contributed by atoms with Crippen molar-refractivity contribution in [1.29, 1.82) is 0 Å². The van der Waals surface area contributed by atoms with Crippen molar-refractivity contribution >= 4 is 5.78 Å². The Kier molecular flexibility index (Phi) is 4.76. The van der Waals surface area contributed by atoms with E-state index < -0.39 is 5.82 Å². The van der Waals surface area contributed by atoms with Gasteiger partial charge in [-0.15, -0.1) is 0 Å². The Morgan fingerprint density at radius 3 is 2.80 bits per heavy atom. The highest BCUT2D eigenvalue weighted by molar-refractivity contribution is 6.00. The van der Waals surface area contributed by atoms with Gasteiger partial charge in [-0.05, 0) is 44.0 Å². The van der Waals surface area contributed by atoms with Gasteiger partial charge in [0.2, 0.25) is 0 Å². The molecule has 0 bridgehead atoms. The number of hydrogen-bond donors (Lipinski definition) is 1. The van der Waals surface area contributed by atoms with Crippen molar-refractivity contribution in [3.05, 3.63) is 29.6 Å². The number of rotatable bonds is 4. The maximum atomic E-state index is 13.2. The number of ketones is 1. The zero-order chi connectivity index (χ0) is 14.7. The Balaban J connectivity index is 2.05. The summed E-state index contributed by atoms with van der Waals surface area (Å²) >= 11 is 0. The molecule has 110 valence electrons. The highest BCUT2D eigenvalue weighted by atomic mass is 19.1. The second-order valence-electron chi connectivity index (χ2n) is 5.83. The molecule has 0 saturated heterocycles. The average molecular weight is 279 g/mol. The number of aromatic hydroxyl groups is 1. The first kappa shape index (κ1) is 15.0. The largest absolute Gasteiger partial charge is 0.507 e. The first-order valence-corrected chi connectivity index (χ1v) is 7.21. The predicted molar refractivity (Wildman–Crippen MR) is 76.4 cm³/mol. The molecule has 0 amide bonds. The lowest BCUT2D eigenvalue weighted by Crippen LogP contribution is -2.41. The van der Waals surface area contributed by atoms with Crippen molar-refractivity contribution in [3.63, 3.8) is 0 Å². The quantitative estimate of drug-likeness (QED) is 0.860. The fourth-order valence-electron chi connectivity index (χ4n) is 3.11. The molecule has 20 heavy (non-hydrogen) atoms. The van der Waals surface area contributed by atoms with Crippen LogP contribution in [0.4, 0.5) is 4.39 Å². The van der Waals surface area contributed by atoms with Crippen LogP contribution in [0, 0.1) is 11.7 Å². The first-order chi connectivity index (χ1) is 9.49. The van der Waals surface area contributed by atoms with Crippen LogP contribution in [0.25, 0.3) is 0 Å². The molecule has 0 aromatic heterocycles. The highest BCUT2D eigenvalue weighted by Crippen LogP contribution is 2.28. The molecule has 0 aliphatic heterocycles. The van der Waals surface area contributed by atoms with E-state index in [0.29, 0.717) is 12.0 Å². The molecule has 2 atom stereocenters. The number of hydrogen-bond acceptors (Lipinski definition) is 3.